The van der Waals surface area contributed by atoms with Gasteiger partial charge in [0.1, 0.15) is 0 Å². The van der Waals surface area contributed by atoms with Gasteiger partial charge in [0.2, 0.25) is 25.9 Å². The zero-order chi connectivity index (χ0) is 15.6. The van der Waals surface area contributed by atoms with Crippen LogP contribution in [0.25, 0.3) is 0 Å². The smallest absolute Gasteiger partial charge is 0.258 e. The number of nitrogens with one attached hydrogen (secondary N) is 1. The lowest BCUT2D eigenvalue weighted by atomic mass is 10.3. The molecule has 0 saturated heterocycles. The van der Waals surface area contributed by atoms with Gasteiger partial charge in [-0.15, -0.1) is 0 Å². The number of rotatable bonds is 6. The zero-order valence-corrected chi connectivity index (χ0v) is 11.4. The Morgan fingerprint density at radius 2 is 1.90 bits per heavy atom. The predicted octanol–water partition coefficient (Wildman–Crippen LogP) is -0.699. The maximum atomic E-state index is 13.1. The Kier molecular flexibility index (Phi) is 4.75. The van der Waals surface area contributed by atoms with E-state index in [4.69, 9.17) is 0 Å². The lowest BCUT2D eigenvalue weighted by Crippen LogP contribution is -2.31. The van der Waals surface area contributed by atoms with Gasteiger partial charge in [-0.3, -0.25) is 10.1 Å². The summed E-state index contributed by atoms with van der Waals surface area (Å²) in [5.74, 6) is -1.83. The minimum absolute atomic E-state index is 0.508. The minimum atomic E-state index is -4.20. The highest BCUT2D eigenvalue weighted by molar-refractivity contribution is 7.90. The van der Waals surface area contributed by atoms with E-state index in [2.05, 4.69) is 5.14 Å². The van der Waals surface area contributed by atoms with Gasteiger partial charge in [0.15, 0.2) is 0 Å². The van der Waals surface area contributed by atoms with E-state index in [0.717, 1.165) is 6.07 Å². The Balaban J connectivity index is 2.99. The summed E-state index contributed by atoms with van der Waals surface area (Å²) in [7, 11) is -8.05. The molecule has 0 aliphatic rings. The monoisotopic (exact) mass is 327 g/mol. The molecule has 1 aromatic carbocycles. The molecule has 112 valence electrons. The van der Waals surface area contributed by atoms with Crippen molar-refractivity contribution in [3.63, 3.8) is 0 Å². The van der Waals surface area contributed by atoms with E-state index in [9.17, 15) is 31.3 Å². The maximum absolute atomic E-state index is 13.1. The second-order valence-electron chi connectivity index (χ2n) is 3.64. The Morgan fingerprint density at radius 3 is 2.40 bits per heavy atom. The van der Waals surface area contributed by atoms with Gasteiger partial charge >= 0.3 is 5.69 Å². The molecule has 0 aliphatic carbocycles. The van der Waals surface area contributed by atoms with Gasteiger partial charge in [0, 0.05) is 12.6 Å². The van der Waals surface area contributed by atoms with Crippen LogP contribution in [0, 0.1) is 15.9 Å². The molecule has 0 aliphatic heterocycles. The summed E-state index contributed by atoms with van der Waals surface area (Å²) in [4.78, 5) is 8.87. The van der Waals surface area contributed by atoms with Gasteiger partial charge in [-0.2, -0.15) is 4.39 Å². The molecule has 3 N–H and O–H groups in total. The SMILES string of the molecule is NS(=O)(=O)CCNS(=O)(=O)c1ccc(F)c([N+](=O)[O-])c1. The molecule has 12 heteroatoms. The summed E-state index contributed by atoms with van der Waals surface area (Å²) < 4.78 is 59.7. The van der Waals surface area contributed by atoms with Crippen molar-refractivity contribution in [2.75, 3.05) is 12.3 Å². The van der Waals surface area contributed by atoms with Crippen LogP contribution < -0.4 is 9.86 Å². The molecule has 0 bridgehead atoms. The number of benzene rings is 1. The van der Waals surface area contributed by atoms with Gasteiger partial charge in [-0.05, 0) is 12.1 Å². The lowest BCUT2D eigenvalue weighted by Gasteiger charge is -2.06. The summed E-state index contributed by atoms with van der Waals surface area (Å²) in [6, 6.07) is 1.99. The molecule has 9 nitrogen and oxygen atoms in total. The fourth-order valence-corrected chi connectivity index (χ4v) is 2.77. The van der Waals surface area contributed by atoms with Crippen molar-refractivity contribution in [1.82, 2.24) is 4.72 Å². The summed E-state index contributed by atoms with van der Waals surface area (Å²) in [5.41, 5.74) is -1.00. The standard InChI is InChI=1S/C8H10FN3O6S2/c9-7-2-1-6(5-8(7)12(13)14)20(17,18)11-3-4-19(10,15)16/h1-2,5,11H,3-4H2,(H2,10,15,16). The average molecular weight is 327 g/mol. The van der Waals surface area contributed by atoms with Crippen molar-refractivity contribution >= 4 is 25.7 Å². The first kappa shape index (κ1) is 16.4. The summed E-state index contributed by atoms with van der Waals surface area (Å²) in [5, 5.41) is 15.2. The number of nitrogens with zero attached hydrogens (tertiary/aromatic N) is 1. The number of halogens is 1. The Labute approximate surface area is 113 Å². The van der Waals surface area contributed by atoms with E-state index in [1.807, 2.05) is 4.72 Å². The lowest BCUT2D eigenvalue weighted by molar-refractivity contribution is -0.387. The third kappa shape index (κ3) is 4.48. The van der Waals surface area contributed by atoms with Gasteiger partial charge in [-0.25, -0.2) is 26.7 Å². The number of primary sulfonamides is 1. The van der Waals surface area contributed by atoms with Crippen molar-refractivity contribution in [2.45, 2.75) is 4.90 Å². The molecule has 1 aromatic rings. The second-order valence-corrected chi connectivity index (χ2v) is 7.14. The van der Waals surface area contributed by atoms with Crippen molar-refractivity contribution in [3.8, 4) is 0 Å². The molecule has 1 rings (SSSR count). The molecule has 20 heavy (non-hydrogen) atoms. The topological polar surface area (TPSA) is 149 Å². The third-order valence-corrected chi connectivity index (χ3v) is 4.34. The molecule has 0 amide bonds. The summed E-state index contributed by atoms with van der Waals surface area (Å²) >= 11 is 0. The number of nitro benzene ring substituents is 1. The number of nitro groups is 1. The second kappa shape index (κ2) is 5.78. The molecule has 0 fully saturated rings. The average Bonchev–Trinajstić information content (AvgIpc) is 2.26. The van der Waals surface area contributed by atoms with Crippen LogP contribution in [0.2, 0.25) is 0 Å². The van der Waals surface area contributed by atoms with Crippen LogP contribution in [0.15, 0.2) is 23.1 Å². The largest absolute Gasteiger partial charge is 0.306 e. The van der Waals surface area contributed by atoms with E-state index in [-0.39, 0.29) is 0 Å². The zero-order valence-electron chi connectivity index (χ0n) is 9.81. The summed E-state index contributed by atoms with van der Waals surface area (Å²) in [6.07, 6.45) is 0. The van der Waals surface area contributed by atoms with Crippen LogP contribution >= 0.6 is 0 Å². The van der Waals surface area contributed by atoms with Crippen LogP contribution in [-0.2, 0) is 20.0 Å². The molecule has 0 atom stereocenters. The first-order valence-corrected chi connectivity index (χ1v) is 8.17. The first-order valence-electron chi connectivity index (χ1n) is 4.97. The molecule has 0 spiro atoms. The first-order chi connectivity index (χ1) is 9.03. The Morgan fingerprint density at radius 1 is 1.30 bits per heavy atom. The predicted molar refractivity (Wildman–Crippen MR) is 66.2 cm³/mol. The normalized spacial score (nSPS) is 12.3. The number of sulfonamides is 2. The van der Waals surface area contributed by atoms with E-state index in [1.165, 1.54) is 0 Å². The van der Waals surface area contributed by atoms with Gasteiger partial charge in [-0.1, -0.05) is 0 Å². The van der Waals surface area contributed by atoms with E-state index in [1.54, 1.807) is 0 Å². The fourth-order valence-electron chi connectivity index (χ4n) is 1.20. The molecule has 0 saturated carbocycles. The quantitative estimate of drug-likeness (QED) is 0.521. The number of hydrogen-bond acceptors (Lipinski definition) is 6. The Hall–Kier alpha value is -1.63. The van der Waals surface area contributed by atoms with E-state index in [0.29, 0.717) is 12.1 Å². The third-order valence-electron chi connectivity index (χ3n) is 2.10. The van der Waals surface area contributed by atoms with E-state index >= 15 is 0 Å². The van der Waals surface area contributed by atoms with Gasteiger partial charge in [0.25, 0.3) is 0 Å². The van der Waals surface area contributed by atoms with Crippen molar-refractivity contribution in [1.29, 1.82) is 0 Å². The minimum Gasteiger partial charge on any atom is -0.258 e. The number of nitrogens with two attached hydrogens (primary N) is 1. The fraction of sp³-hybridized carbons (Fsp3) is 0.250. The van der Waals surface area contributed by atoms with Crippen molar-refractivity contribution in [2.24, 2.45) is 5.14 Å². The van der Waals surface area contributed by atoms with Gasteiger partial charge < -0.3 is 0 Å². The van der Waals surface area contributed by atoms with Gasteiger partial charge in [0.05, 0.1) is 15.6 Å². The van der Waals surface area contributed by atoms with Crippen molar-refractivity contribution < 1.29 is 26.1 Å². The van der Waals surface area contributed by atoms with Crippen LogP contribution in [0.3, 0.4) is 0 Å². The van der Waals surface area contributed by atoms with Crippen molar-refractivity contribution in [3.05, 3.63) is 34.1 Å². The van der Waals surface area contributed by atoms with E-state index < -0.39 is 53.7 Å². The van der Waals surface area contributed by atoms with Crippen LogP contribution in [0.4, 0.5) is 10.1 Å². The maximum Gasteiger partial charge on any atom is 0.306 e. The molecule has 0 unspecified atom stereocenters. The highest BCUT2D eigenvalue weighted by Gasteiger charge is 2.21. The molecule has 0 radical (unpaired) electrons. The highest BCUT2D eigenvalue weighted by atomic mass is 32.2. The molecule has 0 heterocycles. The summed E-state index contributed by atoms with van der Waals surface area (Å²) in [6.45, 7) is -0.508. The number of hydrogen-bond donors (Lipinski definition) is 2. The Bertz CT molecular complexity index is 731. The van der Waals surface area contributed by atoms with Crippen LogP contribution in [0.1, 0.15) is 0 Å². The van der Waals surface area contributed by atoms with Crippen LogP contribution in [-0.4, -0.2) is 34.1 Å². The molecule has 0 aromatic heterocycles. The van der Waals surface area contributed by atoms with Crippen LogP contribution in [0.5, 0.6) is 0 Å². The molecular formula is C8H10FN3O6S2. The highest BCUT2D eigenvalue weighted by Crippen LogP contribution is 2.21. The molecular weight excluding hydrogens is 317 g/mol.